The molecule has 0 spiro atoms. The Balaban J connectivity index is 1.84. The molecule has 0 saturated carbocycles. The molecule has 33 heavy (non-hydrogen) atoms. The van der Waals surface area contributed by atoms with Crippen molar-refractivity contribution in [2.75, 3.05) is 6.61 Å². The van der Waals surface area contributed by atoms with Gasteiger partial charge in [0.05, 0.1) is 12.2 Å². The summed E-state index contributed by atoms with van der Waals surface area (Å²) in [6.45, 7) is 4.99. The maximum atomic E-state index is 15.4. The molecule has 1 aliphatic rings. The van der Waals surface area contributed by atoms with Gasteiger partial charge in [-0.3, -0.25) is 19.4 Å². The van der Waals surface area contributed by atoms with Crippen LogP contribution in [0.25, 0.3) is 11.3 Å². The fourth-order valence-electron chi connectivity index (χ4n) is 3.83. The van der Waals surface area contributed by atoms with Gasteiger partial charge in [0.1, 0.15) is 17.5 Å². The molecule has 1 unspecified atom stereocenters. The number of hydrogen-bond acceptors (Lipinski definition) is 6. The number of carbonyl (C=O) groups is 3. The van der Waals surface area contributed by atoms with Crippen molar-refractivity contribution in [3.05, 3.63) is 53.0 Å². The first-order chi connectivity index (χ1) is 15.5. The van der Waals surface area contributed by atoms with Crippen LogP contribution in [0.2, 0.25) is 0 Å². The molecule has 8 nitrogen and oxygen atoms in total. The third-order valence-electron chi connectivity index (χ3n) is 5.31. The first-order valence-corrected chi connectivity index (χ1v) is 10.7. The van der Waals surface area contributed by atoms with E-state index in [2.05, 4.69) is 4.98 Å². The highest BCUT2D eigenvalue weighted by Crippen LogP contribution is 2.33. The average molecular weight is 458 g/mol. The second kappa shape index (κ2) is 9.66. The molecule has 1 atom stereocenters. The summed E-state index contributed by atoms with van der Waals surface area (Å²) in [4.78, 5) is 42.5. The Morgan fingerprint density at radius 3 is 2.61 bits per heavy atom. The first kappa shape index (κ1) is 24.3. The van der Waals surface area contributed by atoms with Gasteiger partial charge in [0.15, 0.2) is 0 Å². The zero-order valence-corrected chi connectivity index (χ0v) is 18.9. The molecule has 176 valence electrons. The number of carbonyl (C=O) groups excluding carboxylic acids is 3. The number of ether oxygens (including phenoxy) is 1. The first-order valence-electron chi connectivity index (χ1n) is 10.7. The highest BCUT2D eigenvalue weighted by molar-refractivity contribution is 6.01. The van der Waals surface area contributed by atoms with Crippen molar-refractivity contribution < 1.29 is 28.6 Å². The molecule has 2 amide bonds. The predicted octanol–water partition coefficient (Wildman–Crippen LogP) is 2.35. The summed E-state index contributed by atoms with van der Waals surface area (Å²) in [5, 5.41) is 9.15. The lowest BCUT2D eigenvalue weighted by atomic mass is 10.0. The van der Waals surface area contributed by atoms with Crippen LogP contribution in [0.5, 0.6) is 0 Å². The molecule has 0 bridgehead atoms. The van der Waals surface area contributed by atoms with Crippen LogP contribution in [0.15, 0.2) is 30.5 Å². The summed E-state index contributed by atoms with van der Waals surface area (Å²) in [5.41, 5.74) is 6.53. The molecule has 0 fully saturated rings. The monoisotopic (exact) mass is 457 g/mol. The van der Waals surface area contributed by atoms with Crippen molar-refractivity contribution in [3.63, 3.8) is 0 Å². The van der Waals surface area contributed by atoms with Crippen molar-refractivity contribution in [2.45, 2.75) is 58.2 Å². The average Bonchev–Trinajstić information content (AvgIpc) is 3.05. The number of aliphatic hydroxyl groups is 1. The highest BCUT2D eigenvalue weighted by Gasteiger charge is 2.38. The molecule has 1 aromatic heterocycles. The summed E-state index contributed by atoms with van der Waals surface area (Å²) in [6.07, 6.45) is 1.81. The lowest BCUT2D eigenvalue weighted by Crippen LogP contribution is -2.45. The van der Waals surface area contributed by atoms with E-state index in [-0.39, 0.29) is 42.7 Å². The zero-order valence-electron chi connectivity index (χ0n) is 18.9. The van der Waals surface area contributed by atoms with Crippen LogP contribution in [-0.2, 0) is 27.3 Å². The number of primary amides is 1. The zero-order chi connectivity index (χ0) is 24.3. The Bertz CT molecular complexity index is 1080. The van der Waals surface area contributed by atoms with Gasteiger partial charge in [-0.15, -0.1) is 0 Å². The van der Waals surface area contributed by atoms with E-state index in [4.69, 9.17) is 15.6 Å². The maximum absolute atomic E-state index is 15.4. The minimum absolute atomic E-state index is 0.0246. The lowest BCUT2D eigenvalue weighted by Gasteiger charge is -2.25. The fraction of sp³-hybridized carbons (Fsp3) is 0.417. The third kappa shape index (κ3) is 5.54. The summed E-state index contributed by atoms with van der Waals surface area (Å²) in [6, 6.07) is 5.32. The van der Waals surface area contributed by atoms with Crippen LogP contribution in [-0.4, -0.2) is 51.0 Å². The number of rotatable bonds is 8. The second-order valence-corrected chi connectivity index (χ2v) is 8.95. The maximum Gasteiger partial charge on any atom is 0.306 e. The van der Waals surface area contributed by atoms with Crippen LogP contribution in [0, 0.1) is 5.82 Å². The smallest absolute Gasteiger partial charge is 0.306 e. The van der Waals surface area contributed by atoms with E-state index in [0.29, 0.717) is 12.1 Å². The van der Waals surface area contributed by atoms with Crippen molar-refractivity contribution in [2.24, 2.45) is 5.73 Å². The van der Waals surface area contributed by atoms with Crippen LogP contribution >= 0.6 is 0 Å². The number of hydrogen-bond donors (Lipinski definition) is 2. The Morgan fingerprint density at radius 1 is 1.27 bits per heavy atom. The van der Waals surface area contributed by atoms with Gasteiger partial charge in [0, 0.05) is 35.9 Å². The molecule has 1 aliphatic heterocycles. The molecule has 3 rings (SSSR count). The van der Waals surface area contributed by atoms with Gasteiger partial charge in [-0.25, -0.2) is 4.39 Å². The molecule has 0 saturated heterocycles. The minimum atomic E-state index is -1.08. The predicted molar refractivity (Wildman–Crippen MR) is 118 cm³/mol. The van der Waals surface area contributed by atoms with E-state index in [1.807, 2.05) is 0 Å². The number of halogens is 1. The number of pyridine rings is 1. The Labute approximate surface area is 191 Å². The molecule has 3 N–H and O–H groups in total. The number of nitrogens with zero attached hydrogens (tertiary/aromatic N) is 2. The van der Waals surface area contributed by atoms with Gasteiger partial charge < -0.3 is 20.5 Å². The molecule has 0 radical (unpaired) electrons. The van der Waals surface area contributed by atoms with E-state index in [1.165, 1.54) is 23.2 Å². The minimum Gasteiger partial charge on any atom is -0.460 e. The number of nitrogens with two attached hydrogens (primary N) is 1. The van der Waals surface area contributed by atoms with Gasteiger partial charge in [0.2, 0.25) is 5.91 Å². The van der Waals surface area contributed by atoms with Crippen LogP contribution < -0.4 is 5.73 Å². The van der Waals surface area contributed by atoms with E-state index in [1.54, 1.807) is 32.9 Å². The quantitative estimate of drug-likeness (QED) is 0.587. The Kier molecular flexibility index (Phi) is 7.12. The third-order valence-corrected chi connectivity index (χ3v) is 5.31. The second-order valence-electron chi connectivity index (χ2n) is 8.95. The number of esters is 1. The Morgan fingerprint density at radius 2 is 1.97 bits per heavy atom. The van der Waals surface area contributed by atoms with Crippen molar-refractivity contribution in [1.29, 1.82) is 0 Å². The number of aromatic nitrogens is 1. The van der Waals surface area contributed by atoms with Gasteiger partial charge in [0.25, 0.3) is 5.91 Å². The van der Waals surface area contributed by atoms with Crippen molar-refractivity contribution >= 4 is 17.8 Å². The van der Waals surface area contributed by atoms with Crippen molar-refractivity contribution in [1.82, 2.24) is 9.88 Å². The van der Waals surface area contributed by atoms with Crippen LogP contribution in [0.3, 0.4) is 0 Å². The molecular weight excluding hydrogens is 429 g/mol. The number of aliphatic hydroxyl groups excluding tert-OH is 1. The van der Waals surface area contributed by atoms with Gasteiger partial charge >= 0.3 is 5.97 Å². The van der Waals surface area contributed by atoms with Crippen LogP contribution in [0.4, 0.5) is 4.39 Å². The summed E-state index contributed by atoms with van der Waals surface area (Å²) in [5.74, 6) is -2.42. The fourth-order valence-corrected chi connectivity index (χ4v) is 3.83. The molecule has 9 heteroatoms. The largest absolute Gasteiger partial charge is 0.460 e. The highest BCUT2D eigenvalue weighted by atomic mass is 19.1. The molecular formula is C24H28FN3O5. The Hall–Kier alpha value is -3.33. The van der Waals surface area contributed by atoms with E-state index in [9.17, 15) is 14.4 Å². The lowest BCUT2D eigenvalue weighted by molar-refractivity contribution is -0.155. The van der Waals surface area contributed by atoms with Gasteiger partial charge in [-0.05, 0) is 63.4 Å². The molecule has 1 aromatic carbocycles. The number of benzene rings is 1. The topological polar surface area (TPSA) is 123 Å². The SMILES string of the molecule is CC(C)(C)OC(=O)CCC(C(N)=O)N1Cc2c(ccc(-c3cc(CCO)ccn3)c2F)C1=O. The standard InChI is InChI=1S/C24H28FN3O5/c1-24(2,3)33-20(30)7-6-19(22(26)31)28-13-17-15(23(28)32)4-5-16(21(17)25)18-12-14(9-11-29)8-10-27-18/h4-5,8,10,12,19,29H,6-7,9,11,13H2,1-3H3,(H2,26,31). The van der Waals surface area contributed by atoms with E-state index in [0.717, 1.165) is 5.56 Å². The summed E-state index contributed by atoms with van der Waals surface area (Å²) >= 11 is 0. The van der Waals surface area contributed by atoms with E-state index < -0.39 is 35.2 Å². The normalized spacial score (nSPS) is 14.2. The summed E-state index contributed by atoms with van der Waals surface area (Å²) < 4.78 is 20.7. The molecule has 0 aliphatic carbocycles. The number of fused-ring (bicyclic) bond motifs is 1. The number of amides is 2. The van der Waals surface area contributed by atoms with Crippen LogP contribution in [0.1, 0.15) is 55.1 Å². The van der Waals surface area contributed by atoms with Gasteiger partial charge in [-0.1, -0.05) is 0 Å². The van der Waals surface area contributed by atoms with Gasteiger partial charge in [-0.2, -0.15) is 0 Å². The summed E-state index contributed by atoms with van der Waals surface area (Å²) in [7, 11) is 0. The molecule has 2 aromatic rings. The van der Waals surface area contributed by atoms with Crippen molar-refractivity contribution in [3.8, 4) is 11.3 Å². The van der Waals surface area contributed by atoms with E-state index >= 15 is 4.39 Å². The molecule has 2 heterocycles.